The highest BCUT2D eigenvalue weighted by molar-refractivity contribution is 7.92. The average molecular weight is 590 g/mol. The number of aryl methyl sites for hydroxylation is 2. The highest BCUT2D eigenvalue weighted by Crippen LogP contribution is 2.17. The monoisotopic (exact) mass is 589 g/mol. The molecule has 216 valence electrons. The van der Waals surface area contributed by atoms with E-state index in [4.69, 9.17) is 4.74 Å². The fourth-order valence-electron chi connectivity index (χ4n) is 3.10. The molecule has 0 unspecified atom stereocenters. The van der Waals surface area contributed by atoms with Gasteiger partial charge in [0.25, 0.3) is 0 Å². The summed E-state index contributed by atoms with van der Waals surface area (Å²) < 4.78 is 76.3. The maximum absolute atomic E-state index is 11.6. The summed E-state index contributed by atoms with van der Waals surface area (Å²) in [4.78, 5) is 0.821. The van der Waals surface area contributed by atoms with Gasteiger partial charge in [0.2, 0.25) is 10.0 Å². The third-order valence-corrected chi connectivity index (χ3v) is 12.5. The number of sulfonamides is 1. The van der Waals surface area contributed by atoms with Gasteiger partial charge in [-0.25, -0.2) is 25.3 Å². The van der Waals surface area contributed by atoms with E-state index < -0.39 is 29.7 Å². The molecule has 2 aromatic rings. The molecule has 0 N–H and O–H groups in total. The van der Waals surface area contributed by atoms with Crippen molar-refractivity contribution >= 4 is 29.7 Å². The summed E-state index contributed by atoms with van der Waals surface area (Å²) in [6.07, 6.45) is 0. The Bertz CT molecular complexity index is 1230. The molecule has 1 fully saturated rings. The van der Waals surface area contributed by atoms with E-state index in [1.54, 1.807) is 65.8 Å². The Hall–Kier alpha value is -1.79. The molecule has 0 saturated carbocycles. The van der Waals surface area contributed by atoms with Gasteiger partial charge in [-0.05, 0) is 79.7 Å². The summed E-state index contributed by atoms with van der Waals surface area (Å²) in [5.41, 5.74) is 2.14. The van der Waals surface area contributed by atoms with Gasteiger partial charge < -0.3 is 4.74 Å². The summed E-state index contributed by atoms with van der Waals surface area (Å²) in [6.45, 7) is 16.1. The van der Waals surface area contributed by atoms with E-state index in [1.807, 2.05) is 38.1 Å². The molecule has 2 aromatic carbocycles. The first-order valence-corrected chi connectivity index (χ1v) is 17.2. The molecule has 1 saturated heterocycles. The van der Waals surface area contributed by atoms with Crippen molar-refractivity contribution in [2.75, 3.05) is 26.3 Å². The van der Waals surface area contributed by atoms with Gasteiger partial charge >= 0.3 is 0 Å². The van der Waals surface area contributed by atoms with Crippen LogP contribution < -0.4 is 0 Å². The first-order valence-electron chi connectivity index (χ1n) is 12.6. The molecule has 1 aliphatic heterocycles. The maximum Gasteiger partial charge on any atom is 0.216 e. The van der Waals surface area contributed by atoms with Gasteiger partial charge in [0.1, 0.15) is 0 Å². The Morgan fingerprint density at radius 3 is 1.16 bits per heavy atom. The quantitative estimate of drug-likeness (QED) is 0.490. The van der Waals surface area contributed by atoms with Gasteiger partial charge in [0.05, 0.1) is 38.8 Å². The van der Waals surface area contributed by atoms with Crippen LogP contribution >= 0.6 is 0 Å². The molecule has 1 heterocycles. The van der Waals surface area contributed by atoms with Crippen molar-refractivity contribution < 1.29 is 30.0 Å². The number of nitrogens with zero attached hydrogens (tertiary/aromatic N) is 1. The van der Waals surface area contributed by atoms with E-state index >= 15 is 0 Å². The van der Waals surface area contributed by atoms with Crippen LogP contribution in [0.15, 0.2) is 58.3 Å². The Kier molecular flexibility index (Phi) is 13.1. The molecular weight excluding hydrogens is 546 g/mol. The van der Waals surface area contributed by atoms with Gasteiger partial charge in [0, 0.05) is 13.1 Å². The van der Waals surface area contributed by atoms with Crippen molar-refractivity contribution in [2.45, 2.75) is 80.9 Å². The number of morpholine rings is 1. The van der Waals surface area contributed by atoms with Crippen LogP contribution in [-0.2, 0) is 34.4 Å². The van der Waals surface area contributed by atoms with Crippen LogP contribution in [0.3, 0.4) is 0 Å². The molecular formula is C27H43NO7S3. The minimum atomic E-state index is -3.09. The zero-order chi connectivity index (χ0) is 29.3. The Morgan fingerprint density at radius 1 is 0.579 bits per heavy atom. The first-order chi connectivity index (χ1) is 17.4. The molecule has 11 heteroatoms. The number of hydrogen-bond donors (Lipinski definition) is 0. The fourth-order valence-corrected chi connectivity index (χ4v) is 6.47. The van der Waals surface area contributed by atoms with Crippen molar-refractivity contribution in [3.63, 3.8) is 0 Å². The van der Waals surface area contributed by atoms with Crippen molar-refractivity contribution in [1.29, 1.82) is 0 Å². The van der Waals surface area contributed by atoms with Gasteiger partial charge in [-0.1, -0.05) is 35.4 Å². The van der Waals surface area contributed by atoms with Gasteiger partial charge in [0.15, 0.2) is 19.7 Å². The van der Waals surface area contributed by atoms with Crippen molar-refractivity contribution in [2.24, 2.45) is 0 Å². The van der Waals surface area contributed by atoms with Gasteiger partial charge in [-0.3, -0.25) is 0 Å². The summed E-state index contributed by atoms with van der Waals surface area (Å²) in [5, 5.41) is -1.03. The van der Waals surface area contributed by atoms with Crippen molar-refractivity contribution in [1.82, 2.24) is 4.31 Å². The molecule has 0 amide bonds. The molecule has 0 aliphatic carbocycles. The van der Waals surface area contributed by atoms with Crippen LogP contribution in [0.4, 0.5) is 0 Å². The molecule has 3 rings (SSSR count). The van der Waals surface area contributed by atoms with E-state index in [-0.39, 0.29) is 15.7 Å². The second-order valence-electron chi connectivity index (χ2n) is 9.92. The summed E-state index contributed by atoms with van der Waals surface area (Å²) in [6, 6.07) is 13.9. The maximum atomic E-state index is 11.6. The lowest BCUT2D eigenvalue weighted by molar-refractivity contribution is 0.0727. The van der Waals surface area contributed by atoms with E-state index in [2.05, 4.69) is 0 Å². The number of ether oxygens (including phenoxy) is 1. The van der Waals surface area contributed by atoms with Crippen LogP contribution in [-0.4, -0.2) is 71.6 Å². The second-order valence-corrected chi connectivity index (χ2v) is 17.4. The Morgan fingerprint density at radius 2 is 0.895 bits per heavy atom. The number of benzene rings is 2. The summed E-state index contributed by atoms with van der Waals surface area (Å²) in [5.74, 6) is 0. The average Bonchev–Trinajstić information content (AvgIpc) is 2.85. The Balaban J connectivity index is 0.000000285. The van der Waals surface area contributed by atoms with E-state index in [1.165, 1.54) is 4.31 Å². The fraction of sp³-hybridized carbons (Fsp3) is 0.556. The molecule has 8 nitrogen and oxygen atoms in total. The molecule has 38 heavy (non-hydrogen) atoms. The highest BCUT2D eigenvalue weighted by atomic mass is 32.2. The minimum Gasteiger partial charge on any atom is -0.379 e. The molecule has 0 spiro atoms. The predicted octanol–water partition coefficient (Wildman–Crippen LogP) is 4.41. The zero-order valence-corrected chi connectivity index (χ0v) is 26.2. The molecule has 0 atom stereocenters. The van der Waals surface area contributed by atoms with Crippen LogP contribution in [0.5, 0.6) is 0 Å². The van der Waals surface area contributed by atoms with Crippen LogP contribution in [0.25, 0.3) is 0 Å². The van der Waals surface area contributed by atoms with Gasteiger partial charge in [-0.2, -0.15) is 4.31 Å². The van der Waals surface area contributed by atoms with Gasteiger partial charge in [-0.15, -0.1) is 0 Å². The van der Waals surface area contributed by atoms with Crippen molar-refractivity contribution in [3.05, 3.63) is 59.7 Å². The third kappa shape index (κ3) is 9.75. The molecule has 0 bridgehead atoms. The number of rotatable bonds is 6. The summed E-state index contributed by atoms with van der Waals surface area (Å²) >= 11 is 0. The molecule has 0 aromatic heterocycles. The van der Waals surface area contributed by atoms with E-state index in [0.717, 1.165) is 11.1 Å². The first kappa shape index (κ1) is 34.2. The zero-order valence-electron chi connectivity index (χ0n) is 23.7. The third-order valence-electron chi connectivity index (χ3n) is 5.87. The lowest BCUT2D eigenvalue weighted by Crippen LogP contribution is -2.43. The predicted molar refractivity (Wildman–Crippen MR) is 153 cm³/mol. The van der Waals surface area contributed by atoms with E-state index in [0.29, 0.717) is 36.1 Å². The van der Waals surface area contributed by atoms with Crippen molar-refractivity contribution in [3.8, 4) is 0 Å². The highest BCUT2D eigenvalue weighted by Gasteiger charge is 2.27. The summed E-state index contributed by atoms with van der Waals surface area (Å²) in [7, 11) is -9.23. The van der Waals surface area contributed by atoms with Crippen LogP contribution in [0.1, 0.15) is 52.7 Å². The molecule has 1 aliphatic rings. The van der Waals surface area contributed by atoms with Crippen LogP contribution in [0.2, 0.25) is 0 Å². The standard InChI is InChI=1S/2C10H14O2S.C7H15NO3S/c2*1-8(2)13(11,12)10-6-4-9(3)5-7-10;1-7(2)12(9,10)8-3-5-11-6-4-8/h2*4-8H,1-3H3;7H,3-6H2,1-2H3. The largest absolute Gasteiger partial charge is 0.379 e. The second kappa shape index (κ2) is 14.6. The topological polar surface area (TPSA) is 115 Å². The smallest absolute Gasteiger partial charge is 0.216 e. The molecule has 0 radical (unpaired) electrons. The Labute approximate surface area is 230 Å². The lowest BCUT2D eigenvalue weighted by Gasteiger charge is -2.27. The SMILES string of the molecule is CC(C)S(=O)(=O)N1CCOCC1.Cc1ccc(S(=O)(=O)C(C)C)cc1.Cc1ccc(S(=O)(=O)C(C)C)cc1. The minimum absolute atomic E-state index is 0.324. The number of sulfone groups is 2. The van der Waals surface area contributed by atoms with Crippen LogP contribution in [0, 0.1) is 13.8 Å². The normalized spacial score (nSPS) is 15.0. The van der Waals surface area contributed by atoms with E-state index in [9.17, 15) is 25.3 Å². The lowest BCUT2D eigenvalue weighted by atomic mass is 10.2. The number of hydrogen-bond acceptors (Lipinski definition) is 7.